The first-order valence-electron chi connectivity index (χ1n) is 6.03. The second-order valence-electron chi connectivity index (χ2n) is 5.50. The van der Waals surface area contributed by atoms with Crippen molar-refractivity contribution >= 4 is 17.9 Å². The van der Waals surface area contributed by atoms with Crippen molar-refractivity contribution in [1.82, 2.24) is 9.78 Å². The molecule has 1 aliphatic heterocycles. The molecule has 1 aromatic rings. The van der Waals surface area contributed by atoms with Crippen molar-refractivity contribution in [1.29, 1.82) is 0 Å². The molecular weight excluding hydrogens is 250 g/mol. The van der Waals surface area contributed by atoms with Gasteiger partial charge in [0.1, 0.15) is 11.4 Å². The number of aliphatic carboxylic acids is 1. The van der Waals surface area contributed by atoms with Gasteiger partial charge in [-0.1, -0.05) is 0 Å². The number of aromatic nitrogens is 2. The number of amides is 1. The van der Waals surface area contributed by atoms with Crippen LogP contribution in [-0.2, 0) is 16.1 Å². The summed E-state index contributed by atoms with van der Waals surface area (Å²) >= 11 is 0. The van der Waals surface area contributed by atoms with E-state index in [9.17, 15) is 9.59 Å². The topological polar surface area (TPSA) is 84.7 Å². The standard InChI is InChI=1S/C12H17N3O4/c1-12(2,3)19-11(18)14-6-8(10(16)17)7-15-9(14)4-5-13-15/h4-5,8H,6-7H2,1-3H3,(H,16,17). The number of anilines is 1. The summed E-state index contributed by atoms with van der Waals surface area (Å²) in [6.45, 7) is 5.65. The molecule has 1 aliphatic rings. The molecule has 0 fully saturated rings. The van der Waals surface area contributed by atoms with Crippen molar-refractivity contribution in [2.24, 2.45) is 5.92 Å². The van der Waals surface area contributed by atoms with Crippen LogP contribution in [0.1, 0.15) is 20.8 Å². The zero-order chi connectivity index (χ0) is 14.2. The Kier molecular flexibility index (Phi) is 3.21. The summed E-state index contributed by atoms with van der Waals surface area (Å²) in [5.41, 5.74) is -0.627. The van der Waals surface area contributed by atoms with Crippen LogP contribution in [0, 0.1) is 5.92 Å². The van der Waals surface area contributed by atoms with Crippen LogP contribution in [0.3, 0.4) is 0 Å². The lowest BCUT2D eigenvalue weighted by Gasteiger charge is -2.32. The van der Waals surface area contributed by atoms with Crippen LogP contribution in [0.4, 0.5) is 10.6 Å². The normalized spacial score (nSPS) is 18.9. The summed E-state index contributed by atoms with van der Waals surface area (Å²) in [7, 11) is 0. The Balaban J connectivity index is 2.25. The molecule has 7 heteroatoms. The molecule has 1 atom stereocenters. The summed E-state index contributed by atoms with van der Waals surface area (Å²) < 4.78 is 6.79. The zero-order valence-corrected chi connectivity index (χ0v) is 11.2. The Labute approximate surface area is 110 Å². The monoisotopic (exact) mass is 267 g/mol. The van der Waals surface area contributed by atoms with E-state index in [4.69, 9.17) is 9.84 Å². The third-order valence-corrected chi connectivity index (χ3v) is 2.73. The molecule has 0 aliphatic carbocycles. The summed E-state index contributed by atoms with van der Waals surface area (Å²) in [6.07, 6.45) is 0.983. The molecule has 7 nitrogen and oxygen atoms in total. The van der Waals surface area contributed by atoms with Gasteiger partial charge in [-0.25, -0.2) is 9.48 Å². The Hall–Kier alpha value is -2.05. The first kappa shape index (κ1) is 13.4. The summed E-state index contributed by atoms with van der Waals surface area (Å²) in [5.74, 6) is -1.07. The van der Waals surface area contributed by atoms with Crippen LogP contribution in [-0.4, -0.2) is 39.1 Å². The number of carboxylic acid groups (broad SMARTS) is 1. The fourth-order valence-corrected chi connectivity index (χ4v) is 1.92. The molecule has 19 heavy (non-hydrogen) atoms. The Bertz CT molecular complexity index is 503. The summed E-state index contributed by atoms with van der Waals surface area (Å²) in [4.78, 5) is 24.6. The predicted molar refractivity (Wildman–Crippen MR) is 66.9 cm³/mol. The maximum absolute atomic E-state index is 12.1. The van der Waals surface area contributed by atoms with E-state index in [0.29, 0.717) is 5.82 Å². The predicted octanol–water partition coefficient (Wildman–Crippen LogP) is 1.34. The van der Waals surface area contributed by atoms with E-state index < -0.39 is 23.6 Å². The Morgan fingerprint density at radius 2 is 2.11 bits per heavy atom. The lowest BCUT2D eigenvalue weighted by molar-refractivity contribution is -0.142. The van der Waals surface area contributed by atoms with Gasteiger partial charge in [-0.3, -0.25) is 9.69 Å². The molecule has 0 aromatic carbocycles. The minimum Gasteiger partial charge on any atom is -0.481 e. The maximum atomic E-state index is 12.1. The molecule has 0 bridgehead atoms. The molecule has 2 rings (SSSR count). The van der Waals surface area contributed by atoms with Crippen LogP contribution in [0.15, 0.2) is 12.3 Å². The SMILES string of the molecule is CC(C)(C)OC(=O)N1CC(C(=O)O)Cn2nccc21. The van der Waals surface area contributed by atoms with Crippen LogP contribution < -0.4 is 4.90 Å². The van der Waals surface area contributed by atoms with Gasteiger partial charge in [0.05, 0.1) is 18.7 Å². The molecule has 0 radical (unpaired) electrons. The second-order valence-corrected chi connectivity index (χ2v) is 5.50. The highest BCUT2D eigenvalue weighted by Gasteiger charge is 2.35. The Morgan fingerprint density at radius 1 is 1.42 bits per heavy atom. The molecule has 104 valence electrons. The number of hydrogen-bond donors (Lipinski definition) is 1. The van der Waals surface area contributed by atoms with E-state index in [0.717, 1.165) is 0 Å². The zero-order valence-electron chi connectivity index (χ0n) is 11.2. The van der Waals surface area contributed by atoms with Gasteiger partial charge in [0.2, 0.25) is 0 Å². The van der Waals surface area contributed by atoms with E-state index in [2.05, 4.69) is 5.10 Å². The minimum atomic E-state index is -0.949. The fourth-order valence-electron chi connectivity index (χ4n) is 1.92. The number of carbonyl (C=O) groups excluding carboxylic acids is 1. The van der Waals surface area contributed by atoms with Gasteiger partial charge >= 0.3 is 12.1 Å². The van der Waals surface area contributed by atoms with E-state index >= 15 is 0 Å². The number of hydrogen-bond acceptors (Lipinski definition) is 4. The third kappa shape index (κ3) is 2.86. The van der Waals surface area contributed by atoms with Gasteiger partial charge in [-0.15, -0.1) is 0 Å². The molecule has 0 saturated heterocycles. The quantitative estimate of drug-likeness (QED) is 0.830. The van der Waals surface area contributed by atoms with Gasteiger partial charge in [0.15, 0.2) is 0 Å². The second kappa shape index (κ2) is 4.56. The molecular formula is C12H17N3O4. The van der Waals surface area contributed by atoms with Crippen molar-refractivity contribution in [2.75, 3.05) is 11.4 Å². The molecule has 1 aromatic heterocycles. The van der Waals surface area contributed by atoms with Gasteiger partial charge in [0, 0.05) is 12.6 Å². The number of carboxylic acids is 1. The highest BCUT2D eigenvalue weighted by Crippen LogP contribution is 2.25. The summed E-state index contributed by atoms with van der Waals surface area (Å²) in [6, 6.07) is 1.67. The average Bonchev–Trinajstić information content (AvgIpc) is 2.72. The average molecular weight is 267 g/mol. The van der Waals surface area contributed by atoms with Crippen LogP contribution in [0.5, 0.6) is 0 Å². The smallest absolute Gasteiger partial charge is 0.416 e. The number of carbonyl (C=O) groups is 2. The highest BCUT2D eigenvalue weighted by molar-refractivity contribution is 5.88. The largest absolute Gasteiger partial charge is 0.481 e. The van der Waals surface area contributed by atoms with Gasteiger partial charge in [-0.05, 0) is 20.8 Å². The van der Waals surface area contributed by atoms with Crippen LogP contribution >= 0.6 is 0 Å². The maximum Gasteiger partial charge on any atom is 0.416 e. The van der Waals surface area contributed by atoms with E-state index in [1.54, 1.807) is 26.8 Å². The lowest BCUT2D eigenvalue weighted by Crippen LogP contribution is -2.46. The van der Waals surface area contributed by atoms with Crippen LogP contribution in [0.2, 0.25) is 0 Å². The van der Waals surface area contributed by atoms with E-state index in [-0.39, 0.29) is 13.1 Å². The molecule has 0 saturated carbocycles. The highest BCUT2D eigenvalue weighted by atomic mass is 16.6. The van der Waals surface area contributed by atoms with Crippen molar-refractivity contribution < 1.29 is 19.4 Å². The number of ether oxygens (including phenoxy) is 1. The van der Waals surface area contributed by atoms with E-state index in [1.165, 1.54) is 15.8 Å². The summed E-state index contributed by atoms with van der Waals surface area (Å²) in [5, 5.41) is 13.1. The molecule has 2 heterocycles. The first-order chi connectivity index (χ1) is 8.78. The molecule has 1 unspecified atom stereocenters. The molecule has 1 amide bonds. The minimum absolute atomic E-state index is 0.0932. The molecule has 0 spiro atoms. The van der Waals surface area contributed by atoms with Crippen LogP contribution in [0.25, 0.3) is 0 Å². The van der Waals surface area contributed by atoms with Crippen molar-refractivity contribution in [3.63, 3.8) is 0 Å². The molecule has 1 N–H and O–H groups in total. The van der Waals surface area contributed by atoms with Crippen molar-refractivity contribution in [3.8, 4) is 0 Å². The van der Waals surface area contributed by atoms with Crippen molar-refractivity contribution in [3.05, 3.63) is 12.3 Å². The van der Waals surface area contributed by atoms with E-state index in [1.807, 2.05) is 0 Å². The van der Waals surface area contributed by atoms with Gasteiger partial charge < -0.3 is 9.84 Å². The third-order valence-electron chi connectivity index (χ3n) is 2.73. The fraction of sp³-hybridized carbons (Fsp3) is 0.583. The lowest BCUT2D eigenvalue weighted by atomic mass is 10.1. The number of nitrogens with zero attached hydrogens (tertiary/aromatic N) is 3. The van der Waals surface area contributed by atoms with Crippen molar-refractivity contribution in [2.45, 2.75) is 32.9 Å². The number of rotatable bonds is 1. The first-order valence-corrected chi connectivity index (χ1v) is 6.03. The van der Waals surface area contributed by atoms with Gasteiger partial charge in [0.25, 0.3) is 0 Å². The van der Waals surface area contributed by atoms with Gasteiger partial charge in [-0.2, -0.15) is 5.10 Å². The number of fused-ring (bicyclic) bond motifs is 1. The Morgan fingerprint density at radius 3 is 2.68 bits per heavy atom.